The molecule has 90 valence electrons. The summed E-state index contributed by atoms with van der Waals surface area (Å²) in [5.41, 5.74) is 3.75. The number of hydrogen-bond acceptors (Lipinski definition) is 2. The van der Waals surface area contributed by atoms with Crippen LogP contribution in [0.15, 0.2) is 53.4 Å². The molecule has 0 amide bonds. The van der Waals surface area contributed by atoms with E-state index in [1.165, 1.54) is 22.4 Å². The molecule has 2 heteroatoms. The normalized spacial score (nSPS) is 16.8. The summed E-state index contributed by atoms with van der Waals surface area (Å²) in [6, 6.07) is 16.5. The summed E-state index contributed by atoms with van der Waals surface area (Å²) in [6.45, 7) is 0. The van der Waals surface area contributed by atoms with Crippen LogP contribution in [0.3, 0.4) is 0 Å². The topological polar surface area (TPSA) is 17.1 Å². The first-order valence-corrected chi connectivity index (χ1v) is 7.11. The first-order chi connectivity index (χ1) is 8.86. The Hall–Kier alpha value is -1.54. The van der Waals surface area contributed by atoms with Crippen LogP contribution in [0.25, 0.3) is 0 Å². The van der Waals surface area contributed by atoms with Crippen molar-refractivity contribution in [1.29, 1.82) is 0 Å². The zero-order valence-corrected chi connectivity index (χ0v) is 10.8. The fraction of sp³-hybridized carbons (Fsp3) is 0.188. The highest BCUT2D eigenvalue weighted by Crippen LogP contribution is 2.38. The lowest BCUT2D eigenvalue weighted by Gasteiger charge is -2.29. The third-order valence-electron chi connectivity index (χ3n) is 3.41. The molecule has 0 fully saturated rings. The van der Waals surface area contributed by atoms with Gasteiger partial charge in [0.15, 0.2) is 0 Å². The number of aldehydes is 1. The van der Waals surface area contributed by atoms with Gasteiger partial charge in [0, 0.05) is 16.2 Å². The van der Waals surface area contributed by atoms with E-state index in [4.69, 9.17) is 0 Å². The molecule has 1 atom stereocenters. The van der Waals surface area contributed by atoms with Crippen molar-refractivity contribution in [3.05, 3.63) is 65.2 Å². The lowest BCUT2D eigenvalue weighted by atomic mass is 9.79. The Bertz CT molecular complexity index is 577. The maximum Gasteiger partial charge on any atom is 0.150 e. The third kappa shape index (κ3) is 2.21. The molecule has 0 saturated carbocycles. The van der Waals surface area contributed by atoms with E-state index in [0.717, 1.165) is 17.6 Å². The Morgan fingerprint density at radius 2 is 2.06 bits per heavy atom. The van der Waals surface area contributed by atoms with Gasteiger partial charge in [0.05, 0.1) is 0 Å². The second kappa shape index (κ2) is 4.99. The zero-order valence-electron chi connectivity index (χ0n) is 10.0. The van der Waals surface area contributed by atoms with Crippen molar-refractivity contribution in [2.75, 3.05) is 5.75 Å². The van der Waals surface area contributed by atoms with Gasteiger partial charge in [-0.2, -0.15) is 0 Å². The highest BCUT2D eigenvalue weighted by molar-refractivity contribution is 7.99. The van der Waals surface area contributed by atoms with E-state index in [1.54, 1.807) is 0 Å². The van der Waals surface area contributed by atoms with Crippen molar-refractivity contribution in [2.45, 2.75) is 17.2 Å². The fourth-order valence-electron chi connectivity index (χ4n) is 2.39. The number of carbonyl (C=O) groups excluding carboxylic acids is 1. The van der Waals surface area contributed by atoms with Crippen LogP contribution in [-0.2, 0) is 6.42 Å². The monoisotopic (exact) mass is 254 g/mol. The van der Waals surface area contributed by atoms with Crippen LogP contribution in [0, 0.1) is 0 Å². The van der Waals surface area contributed by atoms with Crippen LogP contribution in [0.2, 0.25) is 0 Å². The molecule has 2 aromatic carbocycles. The second-order valence-electron chi connectivity index (χ2n) is 4.60. The van der Waals surface area contributed by atoms with Gasteiger partial charge < -0.3 is 0 Å². The van der Waals surface area contributed by atoms with Crippen molar-refractivity contribution in [1.82, 2.24) is 0 Å². The molecular weight excluding hydrogens is 240 g/mol. The van der Waals surface area contributed by atoms with Crippen LogP contribution in [0.1, 0.15) is 27.4 Å². The minimum Gasteiger partial charge on any atom is -0.298 e. The highest BCUT2D eigenvalue weighted by Gasteiger charge is 2.24. The lowest BCUT2D eigenvalue weighted by Crippen LogP contribution is -2.18. The van der Waals surface area contributed by atoms with Crippen LogP contribution in [-0.4, -0.2) is 12.0 Å². The molecule has 18 heavy (non-hydrogen) atoms. The van der Waals surface area contributed by atoms with Crippen molar-refractivity contribution < 1.29 is 4.79 Å². The van der Waals surface area contributed by atoms with Gasteiger partial charge in [-0.15, -0.1) is 11.8 Å². The maximum atomic E-state index is 10.7. The van der Waals surface area contributed by atoms with Gasteiger partial charge in [-0.3, -0.25) is 4.79 Å². The van der Waals surface area contributed by atoms with Crippen molar-refractivity contribution in [3.8, 4) is 0 Å². The van der Waals surface area contributed by atoms with Gasteiger partial charge >= 0.3 is 0 Å². The Labute approximate surface area is 111 Å². The smallest absolute Gasteiger partial charge is 0.150 e. The summed E-state index contributed by atoms with van der Waals surface area (Å²) in [5, 5.41) is 0. The average Bonchev–Trinajstić information content (AvgIpc) is 2.40. The van der Waals surface area contributed by atoms with Crippen molar-refractivity contribution in [3.63, 3.8) is 0 Å². The fourth-order valence-corrected chi connectivity index (χ4v) is 3.47. The van der Waals surface area contributed by atoms with Crippen molar-refractivity contribution >= 4 is 18.0 Å². The molecule has 1 unspecified atom stereocenters. The van der Waals surface area contributed by atoms with E-state index in [-0.39, 0.29) is 0 Å². The number of carbonyl (C=O) groups is 1. The van der Waals surface area contributed by atoms with E-state index in [0.29, 0.717) is 5.92 Å². The Balaban J connectivity index is 1.64. The van der Waals surface area contributed by atoms with Gasteiger partial charge in [0.25, 0.3) is 0 Å². The maximum absolute atomic E-state index is 10.7. The first-order valence-electron chi connectivity index (χ1n) is 6.12. The summed E-state index contributed by atoms with van der Waals surface area (Å²) in [4.78, 5) is 11.9. The molecule has 1 nitrogen and oxygen atoms in total. The number of benzene rings is 2. The van der Waals surface area contributed by atoms with Gasteiger partial charge in [0.1, 0.15) is 6.29 Å². The lowest BCUT2D eigenvalue weighted by molar-refractivity contribution is 0.112. The predicted octanol–water partition coefficient (Wildman–Crippen LogP) is 3.93. The molecule has 0 saturated heterocycles. The summed E-state index contributed by atoms with van der Waals surface area (Å²) < 4.78 is 0. The molecule has 2 aromatic rings. The SMILES string of the molecule is O=Cc1cccc(SCC2Cc3ccccc32)c1. The van der Waals surface area contributed by atoms with Crippen LogP contribution >= 0.6 is 11.8 Å². The second-order valence-corrected chi connectivity index (χ2v) is 5.69. The molecule has 0 radical (unpaired) electrons. The minimum absolute atomic E-state index is 0.672. The largest absolute Gasteiger partial charge is 0.298 e. The third-order valence-corrected chi connectivity index (χ3v) is 4.56. The van der Waals surface area contributed by atoms with Gasteiger partial charge in [-0.05, 0) is 35.6 Å². The predicted molar refractivity (Wildman–Crippen MR) is 75.4 cm³/mol. The summed E-state index contributed by atoms with van der Waals surface area (Å²) in [5.74, 6) is 1.77. The molecular formula is C16H14OS. The number of hydrogen-bond donors (Lipinski definition) is 0. The molecule has 0 N–H and O–H groups in total. The summed E-state index contributed by atoms with van der Waals surface area (Å²) in [7, 11) is 0. The molecule has 1 aliphatic carbocycles. The molecule has 0 aromatic heterocycles. The van der Waals surface area contributed by atoms with E-state index in [9.17, 15) is 4.79 Å². The van der Waals surface area contributed by atoms with E-state index in [1.807, 2.05) is 30.0 Å². The molecule has 3 rings (SSSR count). The average molecular weight is 254 g/mol. The number of thioether (sulfide) groups is 1. The van der Waals surface area contributed by atoms with E-state index in [2.05, 4.69) is 30.3 Å². The zero-order chi connectivity index (χ0) is 12.4. The van der Waals surface area contributed by atoms with Crippen LogP contribution < -0.4 is 0 Å². The molecule has 0 bridgehead atoms. The Morgan fingerprint density at radius 1 is 1.17 bits per heavy atom. The number of rotatable bonds is 4. The van der Waals surface area contributed by atoms with Gasteiger partial charge in [0.2, 0.25) is 0 Å². The van der Waals surface area contributed by atoms with Gasteiger partial charge in [-0.25, -0.2) is 0 Å². The molecule has 0 spiro atoms. The summed E-state index contributed by atoms with van der Waals surface area (Å²) >= 11 is 1.84. The van der Waals surface area contributed by atoms with Crippen molar-refractivity contribution in [2.24, 2.45) is 0 Å². The molecule has 1 aliphatic rings. The first kappa shape index (κ1) is 11.5. The Morgan fingerprint density at radius 3 is 2.89 bits per heavy atom. The molecule has 0 heterocycles. The quantitative estimate of drug-likeness (QED) is 0.607. The van der Waals surface area contributed by atoms with Crippen LogP contribution in [0.4, 0.5) is 0 Å². The van der Waals surface area contributed by atoms with Gasteiger partial charge in [-0.1, -0.05) is 36.4 Å². The minimum atomic E-state index is 0.672. The van der Waals surface area contributed by atoms with Crippen LogP contribution in [0.5, 0.6) is 0 Å². The van der Waals surface area contributed by atoms with E-state index < -0.39 is 0 Å². The van der Waals surface area contributed by atoms with E-state index >= 15 is 0 Å². The number of fused-ring (bicyclic) bond motifs is 1. The molecule has 0 aliphatic heterocycles. The Kier molecular flexibility index (Phi) is 3.20. The standard InChI is InChI=1S/C16H14OS/c17-10-12-4-3-6-15(8-12)18-11-14-9-13-5-1-2-7-16(13)14/h1-8,10,14H,9,11H2. The summed E-state index contributed by atoms with van der Waals surface area (Å²) in [6.07, 6.45) is 2.10. The highest BCUT2D eigenvalue weighted by atomic mass is 32.2.